The van der Waals surface area contributed by atoms with E-state index in [1.807, 2.05) is 36.4 Å². The molecule has 3 heteroatoms. The van der Waals surface area contributed by atoms with Crippen LogP contribution in [0, 0.1) is 11.3 Å². The number of hydrogen-bond donors (Lipinski definition) is 1. The van der Waals surface area contributed by atoms with Crippen LogP contribution in [0.2, 0.25) is 0 Å². The number of nitrogen functional groups attached to an aromatic ring is 1. The third-order valence-electron chi connectivity index (χ3n) is 4.27. The van der Waals surface area contributed by atoms with Crippen molar-refractivity contribution >= 4 is 22.2 Å². The first-order valence-electron chi connectivity index (χ1n) is 7.07. The Balaban J connectivity index is 2.06. The molecule has 0 heterocycles. The van der Waals surface area contributed by atoms with Crippen LogP contribution < -0.4 is 5.73 Å². The molecular formula is C19H12N2O. The van der Waals surface area contributed by atoms with Crippen LogP contribution in [0.25, 0.3) is 10.8 Å². The maximum absolute atomic E-state index is 12.9. The Kier molecular flexibility index (Phi) is 2.54. The van der Waals surface area contributed by atoms with Gasteiger partial charge in [0.1, 0.15) is 6.07 Å². The minimum absolute atomic E-state index is 0.0242. The van der Waals surface area contributed by atoms with Crippen LogP contribution in [0.4, 0.5) is 5.69 Å². The molecule has 0 amide bonds. The van der Waals surface area contributed by atoms with E-state index < -0.39 is 0 Å². The average molecular weight is 284 g/mol. The van der Waals surface area contributed by atoms with Crippen LogP contribution in [0.5, 0.6) is 0 Å². The predicted octanol–water partition coefficient (Wildman–Crippen LogP) is 3.43. The van der Waals surface area contributed by atoms with E-state index in [1.165, 1.54) is 0 Å². The Morgan fingerprint density at radius 3 is 2.68 bits per heavy atom. The molecule has 1 aliphatic rings. The quantitative estimate of drug-likeness (QED) is 0.503. The van der Waals surface area contributed by atoms with Gasteiger partial charge in [-0.25, -0.2) is 0 Å². The Labute approximate surface area is 127 Å². The summed E-state index contributed by atoms with van der Waals surface area (Å²) in [7, 11) is 0. The fourth-order valence-electron chi connectivity index (χ4n) is 3.18. The lowest BCUT2D eigenvalue weighted by atomic mass is 9.82. The first kappa shape index (κ1) is 12.6. The standard InChI is InChI=1S/C19H12N2O/c20-10-14-8-16-12(9-17(14)21)5-6-13-7-11-3-1-2-4-15(11)19(22)18(13)16/h1-6,8-9H,7,21H2. The van der Waals surface area contributed by atoms with Gasteiger partial charge >= 0.3 is 0 Å². The minimum atomic E-state index is 0.0242. The third-order valence-corrected chi connectivity index (χ3v) is 4.27. The summed E-state index contributed by atoms with van der Waals surface area (Å²) in [5.41, 5.74) is 10.2. The van der Waals surface area contributed by atoms with Gasteiger partial charge in [-0.3, -0.25) is 4.79 Å². The number of nitrogens with two attached hydrogens (primary N) is 1. The van der Waals surface area contributed by atoms with Gasteiger partial charge in [-0.05, 0) is 40.5 Å². The summed E-state index contributed by atoms with van der Waals surface area (Å²) in [6.45, 7) is 0. The third kappa shape index (κ3) is 1.64. The summed E-state index contributed by atoms with van der Waals surface area (Å²) in [6.07, 6.45) is 0.736. The van der Waals surface area contributed by atoms with Crippen LogP contribution in [-0.2, 0) is 6.42 Å². The highest BCUT2D eigenvalue weighted by molar-refractivity contribution is 6.19. The Morgan fingerprint density at radius 2 is 1.86 bits per heavy atom. The fraction of sp³-hybridized carbons (Fsp3) is 0.0526. The molecule has 0 fully saturated rings. The van der Waals surface area contributed by atoms with E-state index in [4.69, 9.17) is 5.73 Å². The lowest BCUT2D eigenvalue weighted by Gasteiger charge is -2.20. The van der Waals surface area contributed by atoms with E-state index in [0.29, 0.717) is 16.8 Å². The molecule has 0 spiro atoms. The van der Waals surface area contributed by atoms with Gasteiger partial charge in [0, 0.05) is 11.1 Å². The molecule has 0 saturated heterocycles. The van der Waals surface area contributed by atoms with Crippen molar-refractivity contribution in [2.24, 2.45) is 0 Å². The molecule has 0 atom stereocenters. The van der Waals surface area contributed by atoms with Crippen LogP contribution in [0.3, 0.4) is 0 Å². The fourth-order valence-corrected chi connectivity index (χ4v) is 3.18. The van der Waals surface area contributed by atoms with Crippen molar-refractivity contribution in [2.75, 3.05) is 5.73 Å². The highest BCUT2D eigenvalue weighted by Crippen LogP contribution is 2.34. The van der Waals surface area contributed by atoms with Gasteiger partial charge in [0.2, 0.25) is 0 Å². The number of benzene rings is 3. The number of rotatable bonds is 0. The summed E-state index contributed by atoms with van der Waals surface area (Å²) in [4.78, 5) is 12.9. The van der Waals surface area contributed by atoms with Crippen molar-refractivity contribution < 1.29 is 4.79 Å². The maximum Gasteiger partial charge on any atom is 0.194 e. The number of carbonyl (C=O) groups is 1. The van der Waals surface area contributed by atoms with E-state index in [9.17, 15) is 10.1 Å². The molecule has 104 valence electrons. The first-order chi connectivity index (χ1) is 10.7. The monoisotopic (exact) mass is 284 g/mol. The molecule has 3 aromatic rings. The number of nitriles is 1. The highest BCUT2D eigenvalue weighted by atomic mass is 16.1. The van der Waals surface area contributed by atoms with Gasteiger partial charge in [0.25, 0.3) is 0 Å². The summed E-state index contributed by atoms with van der Waals surface area (Å²) < 4.78 is 0. The zero-order valence-corrected chi connectivity index (χ0v) is 11.8. The molecular weight excluding hydrogens is 272 g/mol. The number of anilines is 1. The molecule has 4 rings (SSSR count). The molecule has 0 aromatic heterocycles. The maximum atomic E-state index is 12.9. The van der Waals surface area contributed by atoms with Crippen molar-refractivity contribution in [1.82, 2.24) is 0 Å². The summed E-state index contributed by atoms with van der Waals surface area (Å²) in [5.74, 6) is 0.0242. The average Bonchev–Trinajstić information content (AvgIpc) is 2.54. The van der Waals surface area contributed by atoms with Crippen LogP contribution in [0.1, 0.15) is 32.6 Å². The summed E-state index contributed by atoms with van der Waals surface area (Å²) in [6, 6.07) is 17.2. The normalized spacial score (nSPS) is 12.6. The zero-order valence-electron chi connectivity index (χ0n) is 11.8. The van der Waals surface area contributed by atoms with Crippen molar-refractivity contribution in [3.63, 3.8) is 0 Å². The second-order valence-corrected chi connectivity index (χ2v) is 5.54. The second kappa shape index (κ2) is 4.44. The molecule has 22 heavy (non-hydrogen) atoms. The largest absolute Gasteiger partial charge is 0.398 e. The van der Waals surface area contributed by atoms with E-state index in [2.05, 4.69) is 6.07 Å². The lowest BCUT2D eigenvalue weighted by molar-refractivity contribution is 0.103. The molecule has 3 nitrogen and oxygen atoms in total. The summed E-state index contributed by atoms with van der Waals surface area (Å²) in [5, 5.41) is 10.9. The molecule has 0 saturated carbocycles. The van der Waals surface area contributed by atoms with Crippen molar-refractivity contribution in [1.29, 1.82) is 5.26 Å². The number of ketones is 1. The van der Waals surface area contributed by atoms with Crippen molar-refractivity contribution in [2.45, 2.75) is 6.42 Å². The van der Waals surface area contributed by atoms with Gasteiger partial charge in [-0.2, -0.15) is 5.26 Å². The van der Waals surface area contributed by atoms with E-state index in [0.717, 1.165) is 33.9 Å². The molecule has 1 aliphatic carbocycles. The Morgan fingerprint density at radius 1 is 1.05 bits per heavy atom. The molecule has 0 radical (unpaired) electrons. The van der Waals surface area contributed by atoms with Gasteiger partial charge in [0.15, 0.2) is 5.78 Å². The number of fused-ring (bicyclic) bond motifs is 4. The number of nitrogens with zero attached hydrogens (tertiary/aromatic N) is 1. The van der Waals surface area contributed by atoms with Crippen molar-refractivity contribution in [3.8, 4) is 6.07 Å². The minimum Gasteiger partial charge on any atom is -0.398 e. The topological polar surface area (TPSA) is 66.9 Å². The highest BCUT2D eigenvalue weighted by Gasteiger charge is 2.25. The van der Waals surface area contributed by atoms with Gasteiger partial charge < -0.3 is 5.73 Å². The van der Waals surface area contributed by atoms with E-state index in [1.54, 1.807) is 12.1 Å². The van der Waals surface area contributed by atoms with Crippen LogP contribution in [-0.4, -0.2) is 5.78 Å². The van der Waals surface area contributed by atoms with Crippen LogP contribution in [0.15, 0.2) is 48.5 Å². The Hall–Kier alpha value is -3.12. The smallest absolute Gasteiger partial charge is 0.194 e. The van der Waals surface area contributed by atoms with E-state index >= 15 is 0 Å². The summed E-state index contributed by atoms with van der Waals surface area (Å²) >= 11 is 0. The SMILES string of the molecule is N#Cc1cc2c3c(ccc2cc1N)Cc1ccccc1C3=O. The molecule has 0 unspecified atom stereocenters. The molecule has 0 bridgehead atoms. The number of carbonyl (C=O) groups excluding carboxylic acids is 1. The second-order valence-electron chi connectivity index (χ2n) is 5.54. The molecule has 2 N–H and O–H groups in total. The van der Waals surface area contributed by atoms with Gasteiger partial charge in [-0.15, -0.1) is 0 Å². The lowest BCUT2D eigenvalue weighted by Crippen LogP contribution is -2.15. The Bertz CT molecular complexity index is 996. The van der Waals surface area contributed by atoms with Gasteiger partial charge in [0.05, 0.1) is 11.3 Å². The van der Waals surface area contributed by atoms with Gasteiger partial charge in [-0.1, -0.05) is 36.4 Å². The predicted molar refractivity (Wildman–Crippen MR) is 85.8 cm³/mol. The van der Waals surface area contributed by atoms with Crippen LogP contribution >= 0.6 is 0 Å². The van der Waals surface area contributed by atoms with Crippen molar-refractivity contribution in [3.05, 3.63) is 76.3 Å². The van der Waals surface area contributed by atoms with E-state index in [-0.39, 0.29) is 5.78 Å². The number of hydrogen-bond acceptors (Lipinski definition) is 3. The molecule has 0 aliphatic heterocycles. The molecule has 3 aromatic carbocycles. The first-order valence-corrected chi connectivity index (χ1v) is 7.07. The zero-order chi connectivity index (χ0) is 15.3.